The summed E-state index contributed by atoms with van der Waals surface area (Å²) in [7, 11) is 0. The van der Waals surface area contributed by atoms with E-state index in [4.69, 9.17) is 11.6 Å². The molecule has 0 amide bonds. The van der Waals surface area contributed by atoms with Crippen molar-refractivity contribution in [1.82, 2.24) is 4.90 Å². The quantitative estimate of drug-likeness (QED) is 0.568. The fraction of sp³-hybridized carbons (Fsp3) is 0.261. The number of rotatable bonds is 5. The van der Waals surface area contributed by atoms with E-state index in [1.165, 1.54) is 17.0 Å². The number of anilines is 1. The highest BCUT2D eigenvalue weighted by Crippen LogP contribution is 2.38. The van der Waals surface area contributed by atoms with Gasteiger partial charge in [-0.25, -0.2) is 0 Å². The van der Waals surface area contributed by atoms with Crippen LogP contribution < -0.4 is 4.90 Å². The molecule has 0 bridgehead atoms. The molecular formula is C23H23ClN2O2S. The van der Waals surface area contributed by atoms with Crippen molar-refractivity contribution in [3.8, 4) is 5.75 Å². The van der Waals surface area contributed by atoms with E-state index >= 15 is 0 Å². The van der Waals surface area contributed by atoms with Crippen LogP contribution in [0, 0.1) is 0 Å². The van der Waals surface area contributed by atoms with Crippen LogP contribution in [0.3, 0.4) is 0 Å². The number of hydrogen-bond donors (Lipinski definition) is 1. The number of piperazine rings is 1. The molecule has 150 valence electrons. The maximum absolute atomic E-state index is 11.8. The van der Waals surface area contributed by atoms with Crippen molar-refractivity contribution in [3.05, 3.63) is 81.0 Å². The average molecular weight is 427 g/mol. The fourth-order valence-electron chi connectivity index (χ4n) is 3.83. The highest BCUT2D eigenvalue weighted by atomic mass is 35.5. The zero-order valence-electron chi connectivity index (χ0n) is 16.2. The first-order valence-electron chi connectivity index (χ1n) is 9.66. The Morgan fingerprint density at radius 1 is 1.00 bits per heavy atom. The number of para-hydroxylation sites is 1. The van der Waals surface area contributed by atoms with Gasteiger partial charge in [-0.2, -0.15) is 0 Å². The molecular weight excluding hydrogens is 404 g/mol. The Morgan fingerprint density at radius 3 is 2.31 bits per heavy atom. The van der Waals surface area contributed by atoms with Crippen LogP contribution in [0.2, 0.25) is 5.02 Å². The molecule has 1 N–H and O–H groups in total. The molecule has 3 aromatic rings. The minimum atomic E-state index is -0.0679. The summed E-state index contributed by atoms with van der Waals surface area (Å²) < 4.78 is 0. The molecule has 1 saturated heterocycles. The summed E-state index contributed by atoms with van der Waals surface area (Å²) >= 11 is 7.53. The van der Waals surface area contributed by atoms with Gasteiger partial charge in [0.1, 0.15) is 5.75 Å². The molecule has 4 rings (SSSR count). The number of halogens is 1. The van der Waals surface area contributed by atoms with Crippen LogP contribution in [0.25, 0.3) is 0 Å². The number of phenolic OH excluding ortho intramolecular Hbond substituents is 1. The number of benzene rings is 2. The van der Waals surface area contributed by atoms with Crippen molar-refractivity contribution >= 4 is 34.4 Å². The predicted molar refractivity (Wildman–Crippen MR) is 120 cm³/mol. The molecule has 1 fully saturated rings. The molecule has 0 aliphatic carbocycles. The van der Waals surface area contributed by atoms with Crippen LogP contribution in [-0.2, 0) is 0 Å². The number of Topliss-reactive ketones (excluding diaryl/α,β-unsaturated/α-hetero) is 1. The molecule has 2 aromatic carbocycles. The third-order valence-corrected chi connectivity index (χ3v) is 6.84. The maximum atomic E-state index is 11.8. The molecule has 1 aromatic heterocycles. The monoisotopic (exact) mass is 426 g/mol. The third kappa shape index (κ3) is 4.32. The molecule has 4 nitrogen and oxygen atoms in total. The van der Waals surface area contributed by atoms with Gasteiger partial charge in [-0.15, -0.1) is 11.3 Å². The Labute approximate surface area is 180 Å². The van der Waals surface area contributed by atoms with E-state index in [9.17, 15) is 9.90 Å². The van der Waals surface area contributed by atoms with Crippen molar-refractivity contribution in [2.45, 2.75) is 13.0 Å². The van der Waals surface area contributed by atoms with Crippen molar-refractivity contribution < 1.29 is 9.90 Å². The smallest absolute Gasteiger partial charge is 0.169 e. The summed E-state index contributed by atoms with van der Waals surface area (Å²) in [5.41, 5.74) is 2.05. The van der Waals surface area contributed by atoms with Crippen molar-refractivity contribution in [2.24, 2.45) is 0 Å². The minimum absolute atomic E-state index is 0.0679. The van der Waals surface area contributed by atoms with E-state index in [2.05, 4.69) is 21.9 Å². The van der Waals surface area contributed by atoms with Gasteiger partial charge in [-0.05, 0) is 49.4 Å². The van der Waals surface area contributed by atoms with E-state index in [1.54, 1.807) is 13.0 Å². The Kier molecular flexibility index (Phi) is 5.90. The number of nitrogens with zero attached hydrogens (tertiary/aromatic N) is 2. The Morgan fingerprint density at radius 2 is 1.69 bits per heavy atom. The van der Waals surface area contributed by atoms with E-state index in [0.717, 1.165) is 46.5 Å². The molecule has 1 aliphatic heterocycles. The molecule has 1 atom stereocenters. The van der Waals surface area contributed by atoms with Crippen molar-refractivity contribution in [3.63, 3.8) is 0 Å². The van der Waals surface area contributed by atoms with E-state index in [1.807, 2.05) is 42.5 Å². The van der Waals surface area contributed by atoms with Crippen LogP contribution in [0.4, 0.5) is 5.69 Å². The molecule has 6 heteroatoms. The largest absolute Gasteiger partial charge is 0.508 e. The number of carbonyl (C=O) groups is 1. The molecule has 1 unspecified atom stereocenters. The molecule has 0 radical (unpaired) electrons. The number of aromatic hydroxyl groups is 1. The lowest BCUT2D eigenvalue weighted by molar-refractivity contribution is 0.102. The summed E-state index contributed by atoms with van der Waals surface area (Å²) in [6.07, 6.45) is 0. The first-order valence-corrected chi connectivity index (χ1v) is 10.9. The second kappa shape index (κ2) is 8.57. The number of hydrogen-bond acceptors (Lipinski definition) is 5. The van der Waals surface area contributed by atoms with Crippen LogP contribution in [0.5, 0.6) is 5.75 Å². The van der Waals surface area contributed by atoms with Gasteiger partial charge in [-0.3, -0.25) is 9.69 Å². The summed E-state index contributed by atoms with van der Waals surface area (Å²) in [4.78, 5) is 18.4. The lowest BCUT2D eigenvalue weighted by Gasteiger charge is -2.40. The van der Waals surface area contributed by atoms with E-state index < -0.39 is 0 Å². The Bertz CT molecular complexity index is 994. The van der Waals surface area contributed by atoms with Gasteiger partial charge in [0.15, 0.2) is 5.78 Å². The zero-order valence-corrected chi connectivity index (χ0v) is 17.8. The first kappa shape index (κ1) is 20.0. The maximum Gasteiger partial charge on any atom is 0.169 e. The summed E-state index contributed by atoms with van der Waals surface area (Å²) in [5, 5.41) is 11.3. The van der Waals surface area contributed by atoms with Gasteiger partial charge in [-0.1, -0.05) is 29.8 Å². The van der Waals surface area contributed by atoms with E-state index in [0.29, 0.717) is 0 Å². The normalized spacial score (nSPS) is 16.0. The number of ketones is 1. The summed E-state index contributed by atoms with van der Waals surface area (Å²) in [5.74, 6) is 0.361. The summed E-state index contributed by atoms with van der Waals surface area (Å²) in [6.45, 7) is 5.08. The van der Waals surface area contributed by atoms with Gasteiger partial charge in [0, 0.05) is 47.3 Å². The third-order valence-electron chi connectivity index (χ3n) is 5.35. The van der Waals surface area contributed by atoms with E-state index in [-0.39, 0.29) is 17.6 Å². The predicted octanol–water partition coefficient (Wildman–Crippen LogP) is 5.22. The highest BCUT2D eigenvalue weighted by Gasteiger charge is 2.29. The SMILES string of the molecule is CC(=O)c1ccc(C(c2ccccc2O)N2CCN(c3ccc(Cl)cc3)CC2)s1. The second-order valence-electron chi connectivity index (χ2n) is 7.22. The Balaban J connectivity index is 1.59. The lowest BCUT2D eigenvalue weighted by Crippen LogP contribution is -2.47. The van der Waals surface area contributed by atoms with Crippen LogP contribution in [0.1, 0.15) is 33.1 Å². The van der Waals surface area contributed by atoms with Gasteiger partial charge in [0.05, 0.1) is 10.9 Å². The van der Waals surface area contributed by atoms with Crippen LogP contribution >= 0.6 is 22.9 Å². The van der Waals surface area contributed by atoms with Crippen molar-refractivity contribution in [1.29, 1.82) is 0 Å². The molecule has 0 spiro atoms. The minimum Gasteiger partial charge on any atom is -0.508 e. The highest BCUT2D eigenvalue weighted by molar-refractivity contribution is 7.14. The molecule has 1 aliphatic rings. The zero-order chi connectivity index (χ0) is 20.4. The molecule has 0 saturated carbocycles. The molecule has 29 heavy (non-hydrogen) atoms. The summed E-state index contributed by atoms with van der Waals surface area (Å²) in [6, 6.07) is 19.3. The van der Waals surface area contributed by atoms with Crippen LogP contribution in [-0.4, -0.2) is 42.0 Å². The fourth-order valence-corrected chi connectivity index (χ4v) is 5.01. The standard InChI is InChI=1S/C23H23ClN2O2S/c1-16(27)21-10-11-22(29-21)23(19-4-2-3-5-20(19)28)26-14-12-25(13-15-26)18-8-6-17(24)7-9-18/h2-11,23,28H,12-15H2,1H3. The Hall–Kier alpha value is -2.34. The van der Waals surface area contributed by atoms with Gasteiger partial charge < -0.3 is 10.0 Å². The number of thiophene rings is 1. The van der Waals surface area contributed by atoms with Gasteiger partial charge in [0.25, 0.3) is 0 Å². The van der Waals surface area contributed by atoms with Gasteiger partial charge in [0.2, 0.25) is 0 Å². The topological polar surface area (TPSA) is 43.8 Å². The lowest BCUT2D eigenvalue weighted by atomic mass is 10.0. The van der Waals surface area contributed by atoms with Crippen molar-refractivity contribution in [2.75, 3.05) is 31.1 Å². The first-order chi connectivity index (χ1) is 14.0. The number of phenols is 1. The second-order valence-corrected chi connectivity index (χ2v) is 8.77. The average Bonchev–Trinajstić information content (AvgIpc) is 3.21. The number of carbonyl (C=O) groups excluding carboxylic acids is 1. The van der Waals surface area contributed by atoms with Crippen LogP contribution in [0.15, 0.2) is 60.7 Å². The van der Waals surface area contributed by atoms with Gasteiger partial charge >= 0.3 is 0 Å². The molecule has 2 heterocycles.